The van der Waals surface area contributed by atoms with Crippen LogP contribution in [-0.4, -0.2) is 43.7 Å². The SMILES string of the molecule is CCCCn1c(SCc2nc3ccccc3c(=O)[nH]2)nnc1[C@@H](CC)N(C)C. The van der Waals surface area contributed by atoms with E-state index in [0.717, 1.165) is 36.8 Å². The molecule has 150 valence electrons. The summed E-state index contributed by atoms with van der Waals surface area (Å²) in [7, 11) is 4.15. The molecule has 2 aromatic heterocycles. The van der Waals surface area contributed by atoms with Gasteiger partial charge in [-0.2, -0.15) is 0 Å². The second-order valence-electron chi connectivity index (χ2n) is 7.05. The van der Waals surface area contributed by atoms with Gasteiger partial charge < -0.3 is 9.55 Å². The first-order chi connectivity index (χ1) is 13.5. The van der Waals surface area contributed by atoms with Gasteiger partial charge >= 0.3 is 0 Å². The van der Waals surface area contributed by atoms with Gasteiger partial charge in [-0.1, -0.05) is 44.2 Å². The molecule has 0 unspecified atom stereocenters. The van der Waals surface area contributed by atoms with Crippen molar-refractivity contribution in [2.45, 2.75) is 56.6 Å². The van der Waals surface area contributed by atoms with Crippen molar-refractivity contribution in [3.8, 4) is 0 Å². The van der Waals surface area contributed by atoms with Crippen LogP contribution >= 0.6 is 11.8 Å². The molecule has 7 nitrogen and oxygen atoms in total. The fourth-order valence-electron chi connectivity index (χ4n) is 3.29. The summed E-state index contributed by atoms with van der Waals surface area (Å²) in [6.45, 7) is 5.25. The summed E-state index contributed by atoms with van der Waals surface area (Å²) in [6.07, 6.45) is 3.16. The smallest absolute Gasteiger partial charge is 0.258 e. The van der Waals surface area contributed by atoms with E-state index in [1.54, 1.807) is 17.8 Å². The van der Waals surface area contributed by atoms with Gasteiger partial charge in [-0.15, -0.1) is 10.2 Å². The molecule has 0 fully saturated rings. The summed E-state index contributed by atoms with van der Waals surface area (Å²) < 4.78 is 2.22. The maximum atomic E-state index is 12.3. The number of fused-ring (bicyclic) bond motifs is 1. The lowest BCUT2D eigenvalue weighted by atomic mass is 10.2. The van der Waals surface area contributed by atoms with E-state index < -0.39 is 0 Å². The molecule has 0 spiro atoms. The Morgan fingerprint density at radius 1 is 1.21 bits per heavy atom. The average molecular weight is 401 g/mol. The van der Waals surface area contributed by atoms with Crippen LogP contribution in [0.25, 0.3) is 10.9 Å². The minimum absolute atomic E-state index is 0.104. The molecule has 1 aromatic carbocycles. The standard InChI is InChI=1S/C20H28N6OS/c1-5-7-12-26-18(16(6-2)25(3)4)23-24-20(26)28-13-17-21-15-11-9-8-10-14(15)19(27)22-17/h8-11,16H,5-7,12-13H2,1-4H3,(H,21,22,27)/t16-/m1/s1. The number of H-pyrrole nitrogens is 1. The lowest BCUT2D eigenvalue weighted by Gasteiger charge is -2.23. The van der Waals surface area contributed by atoms with Crippen molar-refractivity contribution in [3.63, 3.8) is 0 Å². The summed E-state index contributed by atoms with van der Waals surface area (Å²) >= 11 is 1.57. The second-order valence-corrected chi connectivity index (χ2v) is 7.99. The number of rotatable bonds is 9. The highest BCUT2D eigenvalue weighted by atomic mass is 32.2. The zero-order valence-corrected chi connectivity index (χ0v) is 17.8. The van der Waals surface area contributed by atoms with Crippen LogP contribution in [0.2, 0.25) is 0 Å². The Morgan fingerprint density at radius 2 is 2.00 bits per heavy atom. The largest absolute Gasteiger partial charge is 0.309 e. The van der Waals surface area contributed by atoms with Crippen LogP contribution in [0.4, 0.5) is 0 Å². The summed E-state index contributed by atoms with van der Waals surface area (Å²) in [6, 6.07) is 7.63. The van der Waals surface area contributed by atoms with Crippen molar-refractivity contribution in [1.82, 2.24) is 29.6 Å². The van der Waals surface area contributed by atoms with E-state index in [2.05, 4.69) is 57.6 Å². The number of hydrogen-bond acceptors (Lipinski definition) is 6. The lowest BCUT2D eigenvalue weighted by Crippen LogP contribution is -2.23. The summed E-state index contributed by atoms with van der Waals surface area (Å²) in [5.74, 6) is 2.20. The van der Waals surface area contributed by atoms with Crippen molar-refractivity contribution >= 4 is 22.7 Å². The minimum atomic E-state index is -0.104. The third kappa shape index (κ3) is 4.44. The van der Waals surface area contributed by atoms with Crippen molar-refractivity contribution in [3.05, 3.63) is 46.3 Å². The Bertz CT molecular complexity index is 980. The van der Waals surface area contributed by atoms with Gasteiger partial charge in [0, 0.05) is 6.54 Å². The van der Waals surface area contributed by atoms with Crippen molar-refractivity contribution in [2.75, 3.05) is 14.1 Å². The topological polar surface area (TPSA) is 79.7 Å². The molecule has 0 saturated heterocycles. The molecule has 1 N–H and O–H groups in total. The van der Waals surface area contributed by atoms with E-state index in [1.165, 1.54) is 0 Å². The Morgan fingerprint density at radius 3 is 2.71 bits per heavy atom. The predicted octanol–water partition coefficient (Wildman–Crippen LogP) is 3.62. The zero-order chi connectivity index (χ0) is 20.1. The number of unbranched alkanes of at least 4 members (excludes halogenated alkanes) is 1. The van der Waals surface area contributed by atoms with Crippen molar-refractivity contribution in [2.24, 2.45) is 0 Å². The highest BCUT2D eigenvalue weighted by Crippen LogP contribution is 2.27. The highest BCUT2D eigenvalue weighted by molar-refractivity contribution is 7.98. The van der Waals surface area contributed by atoms with Crippen LogP contribution in [0.3, 0.4) is 0 Å². The lowest BCUT2D eigenvalue weighted by molar-refractivity contribution is 0.270. The summed E-state index contributed by atoms with van der Waals surface area (Å²) in [4.78, 5) is 21.9. The van der Waals surface area contributed by atoms with Gasteiger partial charge in [0.15, 0.2) is 11.0 Å². The third-order valence-corrected chi connectivity index (χ3v) is 5.77. The average Bonchev–Trinajstić information content (AvgIpc) is 3.07. The zero-order valence-electron chi connectivity index (χ0n) is 17.0. The Hall–Kier alpha value is -2.19. The molecule has 2 heterocycles. The van der Waals surface area contributed by atoms with Crippen LogP contribution < -0.4 is 5.56 Å². The van der Waals surface area contributed by atoms with Gasteiger partial charge in [0.2, 0.25) is 0 Å². The number of nitrogens with zero attached hydrogens (tertiary/aromatic N) is 5. The molecule has 8 heteroatoms. The van der Waals surface area contributed by atoms with Crippen LogP contribution in [0.15, 0.2) is 34.2 Å². The normalized spacial score (nSPS) is 12.8. The molecule has 3 rings (SSSR count). The molecule has 1 atom stereocenters. The summed E-state index contributed by atoms with van der Waals surface area (Å²) in [5, 5.41) is 10.4. The molecule has 3 aromatic rings. The molecule has 0 bridgehead atoms. The Kier molecular flexibility index (Phi) is 6.85. The molecule has 28 heavy (non-hydrogen) atoms. The van der Waals surface area contributed by atoms with Gasteiger partial charge in [-0.3, -0.25) is 9.69 Å². The van der Waals surface area contributed by atoms with Gasteiger partial charge in [0.1, 0.15) is 5.82 Å². The molecule has 0 aliphatic rings. The highest BCUT2D eigenvalue weighted by Gasteiger charge is 2.22. The van der Waals surface area contributed by atoms with Gasteiger partial charge in [-0.05, 0) is 39.1 Å². The second kappa shape index (κ2) is 9.34. The van der Waals surface area contributed by atoms with E-state index in [-0.39, 0.29) is 11.6 Å². The van der Waals surface area contributed by atoms with Crippen LogP contribution in [0.5, 0.6) is 0 Å². The maximum absolute atomic E-state index is 12.3. The minimum Gasteiger partial charge on any atom is -0.309 e. The number of benzene rings is 1. The van der Waals surface area contributed by atoms with E-state index >= 15 is 0 Å². The molecule has 0 aliphatic carbocycles. The molecule has 0 radical (unpaired) electrons. The van der Waals surface area contributed by atoms with Crippen LogP contribution in [0, 0.1) is 0 Å². The number of para-hydroxylation sites is 1. The van der Waals surface area contributed by atoms with Gasteiger partial charge in [0.05, 0.1) is 22.7 Å². The number of thioether (sulfide) groups is 1. The van der Waals surface area contributed by atoms with E-state index in [9.17, 15) is 4.79 Å². The van der Waals surface area contributed by atoms with Gasteiger partial charge in [0.25, 0.3) is 5.56 Å². The molecular formula is C20H28N6OS. The first-order valence-corrected chi connectivity index (χ1v) is 10.7. The van der Waals surface area contributed by atoms with E-state index in [1.807, 2.05) is 18.2 Å². The van der Waals surface area contributed by atoms with Crippen molar-refractivity contribution in [1.29, 1.82) is 0 Å². The summed E-state index contributed by atoms with van der Waals surface area (Å²) in [5.41, 5.74) is 0.613. The number of hydrogen-bond donors (Lipinski definition) is 1. The molecule has 0 aliphatic heterocycles. The first-order valence-electron chi connectivity index (χ1n) is 9.75. The van der Waals surface area contributed by atoms with Crippen molar-refractivity contribution < 1.29 is 0 Å². The van der Waals surface area contributed by atoms with Crippen LogP contribution in [-0.2, 0) is 12.3 Å². The fourth-order valence-corrected chi connectivity index (χ4v) is 4.14. The number of aromatic amines is 1. The maximum Gasteiger partial charge on any atom is 0.258 e. The first kappa shape index (κ1) is 20.5. The van der Waals surface area contributed by atoms with Gasteiger partial charge in [-0.25, -0.2) is 4.98 Å². The van der Waals surface area contributed by atoms with E-state index in [0.29, 0.717) is 22.5 Å². The third-order valence-electron chi connectivity index (χ3n) is 4.79. The monoisotopic (exact) mass is 400 g/mol. The Balaban J connectivity index is 1.85. The molecular weight excluding hydrogens is 372 g/mol. The predicted molar refractivity (Wildman–Crippen MR) is 114 cm³/mol. The number of nitrogens with one attached hydrogen (secondary N) is 1. The van der Waals surface area contributed by atoms with Crippen LogP contribution in [0.1, 0.15) is 50.8 Å². The quantitative estimate of drug-likeness (QED) is 0.553. The fraction of sp³-hybridized carbons (Fsp3) is 0.500. The molecule has 0 amide bonds. The molecule has 0 saturated carbocycles. The van der Waals surface area contributed by atoms with E-state index in [4.69, 9.17) is 0 Å². The Labute approximate surface area is 169 Å². The number of aromatic nitrogens is 5.